The largest absolute Gasteiger partial charge is 0.388 e. The number of hydrogen-bond acceptors (Lipinski definition) is 5. The number of nitrogens with one attached hydrogen (secondary N) is 1. The van der Waals surface area contributed by atoms with Crippen LogP contribution in [0.25, 0.3) is 10.2 Å². The first-order valence-corrected chi connectivity index (χ1v) is 6.64. The zero-order valence-electron chi connectivity index (χ0n) is 9.70. The van der Waals surface area contributed by atoms with Gasteiger partial charge >= 0.3 is 0 Å². The van der Waals surface area contributed by atoms with Gasteiger partial charge in [0.1, 0.15) is 10.6 Å². The Hall–Kier alpha value is -0.910. The number of nitrogens with zero attached hydrogens (tertiary/aromatic N) is 2. The van der Waals surface area contributed by atoms with E-state index in [2.05, 4.69) is 15.3 Å². The van der Waals surface area contributed by atoms with Crippen molar-refractivity contribution in [2.75, 3.05) is 11.9 Å². The molecule has 1 atom stereocenters. The summed E-state index contributed by atoms with van der Waals surface area (Å²) >= 11 is 7.36. The maximum atomic E-state index is 9.94. The zero-order chi connectivity index (χ0) is 12.5. The van der Waals surface area contributed by atoms with Gasteiger partial charge in [-0.3, -0.25) is 0 Å². The molecule has 2 aromatic rings. The molecule has 0 saturated carbocycles. The second kappa shape index (κ2) is 4.76. The Morgan fingerprint density at radius 3 is 3.00 bits per heavy atom. The van der Waals surface area contributed by atoms with Crippen molar-refractivity contribution in [1.29, 1.82) is 0 Å². The number of anilines is 1. The smallest absolute Gasteiger partial charge is 0.225 e. The average Bonchev–Trinajstić information content (AvgIpc) is 2.73. The summed E-state index contributed by atoms with van der Waals surface area (Å²) in [5.41, 5.74) is -0.750. The fraction of sp³-hybridized carbons (Fsp3) is 0.455. The Morgan fingerprint density at radius 1 is 1.53 bits per heavy atom. The van der Waals surface area contributed by atoms with E-state index in [9.17, 15) is 5.11 Å². The number of hydrogen-bond donors (Lipinski definition) is 2. The molecular formula is C11H14ClN3OS. The zero-order valence-corrected chi connectivity index (χ0v) is 11.3. The van der Waals surface area contributed by atoms with Gasteiger partial charge in [-0.05, 0) is 36.4 Å². The summed E-state index contributed by atoms with van der Waals surface area (Å²) in [4.78, 5) is 9.13. The monoisotopic (exact) mass is 271 g/mol. The van der Waals surface area contributed by atoms with Crippen molar-refractivity contribution in [3.05, 3.63) is 16.7 Å². The van der Waals surface area contributed by atoms with Crippen molar-refractivity contribution >= 4 is 39.0 Å². The van der Waals surface area contributed by atoms with E-state index in [1.54, 1.807) is 6.92 Å². The summed E-state index contributed by atoms with van der Waals surface area (Å²) in [6.45, 7) is 4.16. The molecule has 2 aromatic heterocycles. The fourth-order valence-electron chi connectivity index (χ4n) is 1.36. The van der Waals surface area contributed by atoms with Crippen LogP contribution in [0.2, 0.25) is 5.28 Å². The van der Waals surface area contributed by atoms with Gasteiger partial charge in [0.05, 0.1) is 11.0 Å². The third kappa shape index (κ3) is 2.86. The van der Waals surface area contributed by atoms with E-state index >= 15 is 0 Å². The summed E-state index contributed by atoms with van der Waals surface area (Å²) in [5, 5.41) is 16.2. The van der Waals surface area contributed by atoms with Gasteiger partial charge in [-0.25, -0.2) is 9.97 Å². The van der Waals surface area contributed by atoms with Crippen molar-refractivity contribution in [1.82, 2.24) is 9.97 Å². The van der Waals surface area contributed by atoms with Crippen molar-refractivity contribution in [3.63, 3.8) is 0 Å². The predicted molar refractivity (Wildman–Crippen MR) is 71.8 cm³/mol. The van der Waals surface area contributed by atoms with E-state index in [1.165, 1.54) is 11.3 Å². The number of rotatable bonds is 4. The molecule has 1 unspecified atom stereocenters. The molecular weight excluding hydrogens is 258 g/mol. The number of aromatic nitrogens is 2. The SMILES string of the molecule is CCC(C)(O)CNc1nc(Cl)nc2sccc12. The average molecular weight is 272 g/mol. The van der Waals surface area contributed by atoms with Gasteiger partial charge in [0.25, 0.3) is 0 Å². The van der Waals surface area contributed by atoms with Gasteiger partial charge in [-0.2, -0.15) is 0 Å². The molecule has 0 aliphatic heterocycles. The molecule has 0 spiro atoms. The second-order valence-electron chi connectivity index (χ2n) is 4.18. The van der Waals surface area contributed by atoms with Crippen LogP contribution in [-0.2, 0) is 0 Å². The Labute approximate surface area is 109 Å². The lowest BCUT2D eigenvalue weighted by molar-refractivity contribution is 0.0697. The minimum Gasteiger partial charge on any atom is -0.388 e. The molecule has 0 saturated heterocycles. The van der Waals surface area contributed by atoms with E-state index < -0.39 is 5.60 Å². The Bertz CT molecular complexity index is 526. The summed E-state index contributed by atoms with van der Waals surface area (Å²) in [6, 6.07) is 1.94. The lowest BCUT2D eigenvalue weighted by Crippen LogP contribution is -2.32. The Kier molecular flexibility index (Phi) is 3.51. The van der Waals surface area contributed by atoms with E-state index in [4.69, 9.17) is 11.6 Å². The molecule has 2 heterocycles. The fourth-order valence-corrected chi connectivity index (χ4v) is 2.35. The van der Waals surface area contributed by atoms with Crippen LogP contribution >= 0.6 is 22.9 Å². The van der Waals surface area contributed by atoms with E-state index in [-0.39, 0.29) is 5.28 Å². The first-order chi connectivity index (χ1) is 8.02. The Morgan fingerprint density at radius 2 is 2.29 bits per heavy atom. The molecule has 6 heteroatoms. The third-order valence-corrected chi connectivity index (χ3v) is 3.67. The van der Waals surface area contributed by atoms with Crippen LogP contribution < -0.4 is 5.32 Å². The molecule has 0 radical (unpaired) electrons. The number of aliphatic hydroxyl groups is 1. The molecule has 0 fully saturated rings. The van der Waals surface area contributed by atoms with Gasteiger partial charge in [0.15, 0.2) is 0 Å². The first kappa shape index (κ1) is 12.5. The van der Waals surface area contributed by atoms with Crippen molar-refractivity contribution in [2.24, 2.45) is 0 Å². The van der Waals surface area contributed by atoms with Gasteiger partial charge in [-0.1, -0.05) is 6.92 Å². The molecule has 17 heavy (non-hydrogen) atoms. The van der Waals surface area contributed by atoms with Crippen molar-refractivity contribution in [2.45, 2.75) is 25.9 Å². The standard InChI is InChI=1S/C11H14ClN3OS/c1-3-11(2,16)6-13-8-7-4-5-17-9(7)15-10(12)14-8/h4-5,16H,3,6H2,1-2H3,(H,13,14,15). The predicted octanol–water partition coefficient (Wildman–Crippen LogP) is 2.92. The van der Waals surface area contributed by atoms with Crippen LogP contribution in [0.3, 0.4) is 0 Å². The summed E-state index contributed by atoms with van der Waals surface area (Å²) in [5.74, 6) is 0.676. The highest BCUT2D eigenvalue weighted by Gasteiger charge is 2.18. The normalized spacial score (nSPS) is 14.8. The summed E-state index contributed by atoms with van der Waals surface area (Å²) < 4.78 is 0. The molecule has 0 aliphatic rings. The lowest BCUT2D eigenvalue weighted by Gasteiger charge is -2.22. The number of fused-ring (bicyclic) bond motifs is 1. The van der Waals surface area contributed by atoms with Crippen LogP contribution in [-0.4, -0.2) is 27.2 Å². The van der Waals surface area contributed by atoms with Gasteiger partial charge < -0.3 is 10.4 Å². The van der Waals surface area contributed by atoms with E-state index in [1.807, 2.05) is 18.4 Å². The van der Waals surface area contributed by atoms with E-state index in [0.717, 1.165) is 10.2 Å². The number of halogens is 1. The highest BCUT2D eigenvalue weighted by atomic mass is 35.5. The minimum atomic E-state index is -0.750. The van der Waals surface area contributed by atoms with Crippen LogP contribution in [0.5, 0.6) is 0 Å². The first-order valence-electron chi connectivity index (χ1n) is 5.39. The van der Waals surface area contributed by atoms with Crippen LogP contribution in [0, 0.1) is 0 Å². The van der Waals surface area contributed by atoms with E-state index in [0.29, 0.717) is 18.8 Å². The molecule has 0 bridgehead atoms. The maximum absolute atomic E-state index is 9.94. The van der Waals surface area contributed by atoms with Crippen LogP contribution in [0.4, 0.5) is 5.82 Å². The van der Waals surface area contributed by atoms with Gasteiger partial charge in [0.2, 0.25) is 5.28 Å². The highest BCUT2D eigenvalue weighted by Crippen LogP contribution is 2.26. The molecule has 0 aromatic carbocycles. The van der Waals surface area contributed by atoms with Gasteiger partial charge in [0, 0.05) is 6.54 Å². The highest BCUT2D eigenvalue weighted by molar-refractivity contribution is 7.16. The van der Waals surface area contributed by atoms with Gasteiger partial charge in [-0.15, -0.1) is 11.3 Å². The molecule has 92 valence electrons. The summed E-state index contributed by atoms with van der Waals surface area (Å²) in [6.07, 6.45) is 0.672. The molecule has 0 aliphatic carbocycles. The molecule has 4 nitrogen and oxygen atoms in total. The van der Waals surface area contributed by atoms with Crippen molar-refractivity contribution < 1.29 is 5.11 Å². The molecule has 2 N–H and O–H groups in total. The van der Waals surface area contributed by atoms with Crippen LogP contribution in [0.1, 0.15) is 20.3 Å². The second-order valence-corrected chi connectivity index (χ2v) is 5.42. The third-order valence-electron chi connectivity index (χ3n) is 2.70. The molecule has 2 rings (SSSR count). The minimum absolute atomic E-state index is 0.221. The Balaban J connectivity index is 2.26. The summed E-state index contributed by atoms with van der Waals surface area (Å²) in [7, 11) is 0. The van der Waals surface area contributed by atoms with Crippen molar-refractivity contribution in [3.8, 4) is 0 Å². The molecule has 0 amide bonds. The topological polar surface area (TPSA) is 58.0 Å². The maximum Gasteiger partial charge on any atom is 0.225 e. The van der Waals surface area contributed by atoms with Crippen LogP contribution in [0.15, 0.2) is 11.4 Å². The quantitative estimate of drug-likeness (QED) is 0.840. The lowest BCUT2D eigenvalue weighted by atomic mass is 10.0. The number of thiophene rings is 1.